The molecule has 0 saturated heterocycles. The molecular weight excluding hydrogens is 364 g/mol. The first-order valence-corrected chi connectivity index (χ1v) is 11.2. The lowest BCUT2D eigenvalue weighted by atomic mass is 9.93. The molecule has 0 N–H and O–H groups in total. The van der Waals surface area contributed by atoms with Crippen LogP contribution in [0.15, 0.2) is 58.6 Å². The highest BCUT2D eigenvalue weighted by Crippen LogP contribution is 2.43. The quantitative estimate of drug-likeness (QED) is 0.460. The van der Waals surface area contributed by atoms with E-state index in [-0.39, 0.29) is 0 Å². The Hall–Kier alpha value is -0.960. The summed E-state index contributed by atoms with van der Waals surface area (Å²) in [6.07, 6.45) is 15.9. The Labute approximate surface area is 165 Å². The molecule has 1 aromatic rings. The molecule has 0 spiro atoms. The minimum Gasteiger partial charge on any atom is -0.133 e. The Morgan fingerprint density at radius 2 is 2.16 bits per heavy atom. The van der Waals surface area contributed by atoms with Crippen LogP contribution >= 0.6 is 34.7 Å². The van der Waals surface area contributed by atoms with E-state index < -0.39 is 0 Å². The summed E-state index contributed by atoms with van der Waals surface area (Å²) in [5.41, 5.74) is 6.76. The molecule has 0 fully saturated rings. The maximum Gasteiger partial charge on any atom is 0.0937 e. The molecule has 1 heterocycles. The summed E-state index contributed by atoms with van der Waals surface area (Å²) in [4.78, 5) is 2.72. The molecule has 132 valence electrons. The van der Waals surface area contributed by atoms with Gasteiger partial charge in [0, 0.05) is 10.8 Å². The third-order valence-corrected chi connectivity index (χ3v) is 7.09. The molecule has 0 saturated carbocycles. The van der Waals surface area contributed by atoms with Crippen molar-refractivity contribution in [2.45, 2.75) is 39.5 Å². The van der Waals surface area contributed by atoms with Crippen LogP contribution in [0.1, 0.15) is 43.0 Å². The zero-order valence-electron chi connectivity index (χ0n) is 15.2. The monoisotopic (exact) mass is 388 g/mol. The van der Waals surface area contributed by atoms with Crippen LogP contribution < -0.4 is 0 Å². The van der Waals surface area contributed by atoms with E-state index in [0.29, 0.717) is 5.92 Å². The first kappa shape index (κ1) is 18.8. The lowest BCUT2D eigenvalue weighted by molar-refractivity contribution is 0.800. The van der Waals surface area contributed by atoms with Gasteiger partial charge in [-0.2, -0.15) is 0 Å². The van der Waals surface area contributed by atoms with Gasteiger partial charge in [-0.05, 0) is 85.1 Å². The highest BCUT2D eigenvalue weighted by molar-refractivity contribution is 8.02. The van der Waals surface area contributed by atoms with Crippen molar-refractivity contribution in [2.75, 3.05) is 6.26 Å². The van der Waals surface area contributed by atoms with E-state index >= 15 is 0 Å². The van der Waals surface area contributed by atoms with Crippen LogP contribution in [-0.2, 0) is 0 Å². The molecule has 1 aromatic heterocycles. The van der Waals surface area contributed by atoms with Crippen LogP contribution in [0.3, 0.4) is 0 Å². The van der Waals surface area contributed by atoms with E-state index in [9.17, 15) is 0 Å². The van der Waals surface area contributed by atoms with Crippen LogP contribution in [0, 0.1) is 12.8 Å². The summed E-state index contributed by atoms with van der Waals surface area (Å²) >= 11 is 9.76. The van der Waals surface area contributed by atoms with Crippen molar-refractivity contribution in [3.63, 3.8) is 0 Å². The third-order valence-electron chi connectivity index (χ3n) is 5.02. The fourth-order valence-electron chi connectivity index (χ4n) is 3.66. The molecule has 1 atom stereocenters. The summed E-state index contributed by atoms with van der Waals surface area (Å²) in [6.45, 7) is 8.76. The topological polar surface area (TPSA) is 0 Å². The van der Waals surface area contributed by atoms with E-state index in [1.54, 1.807) is 11.3 Å². The van der Waals surface area contributed by atoms with Gasteiger partial charge in [-0.3, -0.25) is 0 Å². The van der Waals surface area contributed by atoms with Gasteiger partial charge in [0.15, 0.2) is 0 Å². The maximum absolute atomic E-state index is 6.24. The van der Waals surface area contributed by atoms with Crippen LogP contribution in [0.2, 0.25) is 4.34 Å². The van der Waals surface area contributed by atoms with Crippen molar-refractivity contribution >= 4 is 40.3 Å². The van der Waals surface area contributed by atoms with E-state index in [2.05, 4.69) is 57.1 Å². The van der Waals surface area contributed by atoms with Gasteiger partial charge >= 0.3 is 0 Å². The molecule has 2 aliphatic rings. The fraction of sp³-hybridized carbons (Fsp3) is 0.364. The molecule has 1 unspecified atom stereocenters. The maximum atomic E-state index is 6.24. The number of thioether (sulfide) groups is 1. The Kier molecular flexibility index (Phi) is 6.14. The average molecular weight is 389 g/mol. The normalized spacial score (nSPS) is 21.0. The van der Waals surface area contributed by atoms with Crippen molar-refractivity contribution in [3.8, 4) is 0 Å². The van der Waals surface area contributed by atoms with Gasteiger partial charge in [-0.1, -0.05) is 42.0 Å². The first-order valence-electron chi connectivity index (χ1n) is 8.77. The largest absolute Gasteiger partial charge is 0.133 e. The molecule has 0 amide bonds. The number of aryl methyl sites for hydroxylation is 1. The fourth-order valence-corrected chi connectivity index (χ4v) is 5.61. The van der Waals surface area contributed by atoms with Gasteiger partial charge in [0.2, 0.25) is 0 Å². The Balaban J connectivity index is 1.89. The third kappa shape index (κ3) is 4.24. The number of hydrogen-bond donors (Lipinski definition) is 0. The second kappa shape index (κ2) is 8.16. The minimum absolute atomic E-state index is 0.484. The molecule has 3 heteroatoms. The van der Waals surface area contributed by atoms with Crippen molar-refractivity contribution in [3.05, 3.63) is 73.4 Å². The average Bonchev–Trinajstić information content (AvgIpc) is 3.19. The van der Waals surface area contributed by atoms with Crippen LogP contribution in [0.25, 0.3) is 5.57 Å². The van der Waals surface area contributed by atoms with Gasteiger partial charge in [-0.15, -0.1) is 23.1 Å². The summed E-state index contributed by atoms with van der Waals surface area (Å²) < 4.78 is 0.881. The first-order chi connectivity index (χ1) is 12.0. The molecule has 0 nitrogen and oxygen atoms in total. The number of thiophene rings is 1. The zero-order chi connectivity index (χ0) is 18.0. The molecule has 3 rings (SSSR count). The standard InChI is InChI=1S/C22H25ClS2/c1-14-8-10-17(11-9-14)21(24-4)12-15(2)18-6-5-7-19(18)20-13-22(23)25-16(20)3/h8-10,12-13,17H,2,5-7,11H2,1,3-4H3/b21-12-. The minimum atomic E-state index is 0.484. The second-order valence-electron chi connectivity index (χ2n) is 6.76. The van der Waals surface area contributed by atoms with Crippen molar-refractivity contribution in [2.24, 2.45) is 5.92 Å². The molecule has 2 aliphatic carbocycles. The Bertz CT molecular complexity index is 802. The van der Waals surface area contributed by atoms with Gasteiger partial charge in [0.25, 0.3) is 0 Å². The van der Waals surface area contributed by atoms with Crippen LogP contribution in [0.5, 0.6) is 0 Å². The molecule has 0 radical (unpaired) electrons. The SMILES string of the molecule is C=C(/C=C(\SC)C1C=CC(C)=CC1)C1=C(c2cc(Cl)sc2C)CCC1. The van der Waals surface area contributed by atoms with Gasteiger partial charge in [0.05, 0.1) is 4.34 Å². The molecule has 0 bridgehead atoms. The Morgan fingerprint density at radius 3 is 2.76 bits per heavy atom. The van der Waals surface area contributed by atoms with Gasteiger partial charge in [-0.25, -0.2) is 0 Å². The summed E-state index contributed by atoms with van der Waals surface area (Å²) in [7, 11) is 0. The van der Waals surface area contributed by atoms with Crippen LogP contribution in [0.4, 0.5) is 0 Å². The van der Waals surface area contributed by atoms with E-state index in [1.165, 1.54) is 44.1 Å². The molecule has 25 heavy (non-hydrogen) atoms. The number of halogens is 1. The predicted octanol–water partition coefficient (Wildman–Crippen LogP) is 7.97. The van der Waals surface area contributed by atoms with Crippen molar-refractivity contribution in [1.82, 2.24) is 0 Å². The summed E-state index contributed by atoms with van der Waals surface area (Å²) in [5.74, 6) is 0.484. The zero-order valence-corrected chi connectivity index (χ0v) is 17.6. The van der Waals surface area contributed by atoms with Crippen molar-refractivity contribution < 1.29 is 0 Å². The van der Waals surface area contributed by atoms with Crippen molar-refractivity contribution in [1.29, 1.82) is 0 Å². The lowest BCUT2D eigenvalue weighted by Gasteiger charge is -2.18. The van der Waals surface area contributed by atoms with E-state index in [0.717, 1.165) is 23.6 Å². The predicted molar refractivity (Wildman–Crippen MR) is 117 cm³/mol. The van der Waals surface area contributed by atoms with Gasteiger partial charge < -0.3 is 0 Å². The van der Waals surface area contributed by atoms with E-state index in [1.807, 2.05) is 11.8 Å². The number of rotatable bonds is 5. The van der Waals surface area contributed by atoms with E-state index in [4.69, 9.17) is 11.6 Å². The second-order valence-corrected chi connectivity index (χ2v) is 9.52. The van der Waals surface area contributed by atoms with Crippen LogP contribution in [-0.4, -0.2) is 6.26 Å². The lowest BCUT2D eigenvalue weighted by Crippen LogP contribution is -2.01. The Morgan fingerprint density at radius 1 is 1.36 bits per heavy atom. The number of allylic oxidation sites excluding steroid dienone is 9. The molecular formula is C22H25ClS2. The summed E-state index contributed by atoms with van der Waals surface area (Å²) in [5, 5.41) is 0. The smallest absolute Gasteiger partial charge is 0.0937 e. The molecule has 0 aliphatic heterocycles. The summed E-state index contributed by atoms with van der Waals surface area (Å²) in [6, 6.07) is 2.13. The highest BCUT2D eigenvalue weighted by atomic mass is 35.5. The molecule has 0 aromatic carbocycles. The highest BCUT2D eigenvalue weighted by Gasteiger charge is 2.21. The van der Waals surface area contributed by atoms with Gasteiger partial charge in [0.1, 0.15) is 0 Å². The number of hydrogen-bond acceptors (Lipinski definition) is 2.